The summed E-state index contributed by atoms with van der Waals surface area (Å²) in [5.74, 6) is 0.242. The number of hydrogen-bond acceptors (Lipinski definition) is 5. The van der Waals surface area contributed by atoms with Crippen LogP contribution in [0.2, 0.25) is 0 Å². The van der Waals surface area contributed by atoms with Gasteiger partial charge in [0.1, 0.15) is 5.54 Å². The van der Waals surface area contributed by atoms with E-state index in [2.05, 4.69) is 0 Å². The predicted octanol–water partition coefficient (Wildman–Crippen LogP) is 0.0451. The molecule has 2 unspecified atom stereocenters. The fourth-order valence-corrected chi connectivity index (χ4v) is 2.09. The molecule has 5 nitrogen and oxygen atoms in total. The van der Waals surface area contributed by atoms with Gasteiger partial charge in [0.05, 0.1) is 12.7 Å². The molecule has 16 heavy (non-hydrogen) atoms. The van der Waals surface area contributed by atoms with E-state index in [4.69, 9.17) is 21.1 Å². The zero-order valence-corrected chi connectivity index (χ0v) is 10.4. The van der Waals surface area contributed by atoms with Gasteiger partial charge in [0.15, 0.2) is 0 Å². The van der Waals surface area contributed by atoms with E-state index in [-0.39, 0.29) is 6.61 Å². The quantitative estimate of drug-likeness (QED) is 0.432. The molecule has 0 aliphatic carbocycles. The molecule has 5 N–H and O–H groups in total. The van der Waals surface area contributed by atoms with Gasteiger partial charge >= 0.3 is 5.97 Å². The molecule has 0 rings (SSSR count). The number of aliphatic carboxylic acids is 1. The van der Waals surface area contributed by atoms with Gasteiger partial charge in [-0.1, -0.05) is 6.92 Å². The van der Waals surface area contributed by atoms with Crippen molar-refractivity contribution in [3.63, 3.8) is 0 Å². The SMILES string of the molecule is CCC(N)(CCCSCC(O)CO)C(=O)O. The predicted molar refractivity (Wildman–Crippen MR) is 64.5 cm³/mol. The smallest absolute Gasteiger partial charge is 0.323 e. The normalized spacial score (nSPS) is 16.8. The number of carbonyl (C=O) groups is 1. The molecule has 6 heteroatoms. The summed E-state index contributed by atoms with van der Waals surface area (Å²) in [5.41, 5.74) is 4.58. The monoisotopic (exact) mass is 251 g/mol. The lowest BCUT2D eigenvalue weighted by molar-refractivity contribution is -0.143. The Balaban J connectivity index is 3.68. The first-order valence-electron chi connectivity index (χ1n) is 5.35. The van der Waals surface area contributed by atoms with Crippen LogP contribution in [0, 0.1) is 0 Å². The van der Waals surface area contributed by atoms with Crippen LogP contribution in [-0.4, -0.2) is 51.0 Å². The lowest BCUT2D eigenvalue weighted by atomic mass is 9.92. The molecular formula is C10H21NO4S. The number of carboxylic acid groups (broad SMARTS) is 1. The van der Waals surface area contributed by atoms with Gasteiger partial charge in [0, 0.05) is 5.75 Å². The van der Waals surface area contributed by atoms with Crippen LogP contribution < -0.4 is 5.73 Å². The van der Waals surface area contributed by atoms with Crippen LogP contribution in [-0.2, 0) is 4.79 Å². The number of nitrogens with two attached hydrogens (primary N) is 1. The summed E-state index contributed by atoms with van der Waals surface area (Å²) >= 11 is 1.49. The molecule has 0 spiro atoms. The number of rotatable bonds is 9. The van der Waals surface area contributed by atoms with Gasteiger partial charge in [-0.15, -0.1) is 0 Å². The topological polar surface area (TPSA) is 104 Å². The van der Waals surface area contributed by atoms with E-state index in [1.165, 1.54) is 11.8 Å². The molecule has 0 fully saturated rings. The Bertz CT molecular complexity index is 215. The first-order valence-corrected chi connectivity index (χ1v) is 6.50. The van der Waals surface area contributed by atoms with Crippen molar-refractivity contribution in [1.82, 2.24) is 0 Å². The van der Waals surface area contributed by atoms with Crippen LogP contribution in [0.3, 0.4) is 0 Å². The second-order valence-corrected chi connectivity index (χ2v) is 4.98. The zero-order chi connectivity index (χ0) is 12.6. The van der Waals surface area contributed by atoms with Crippen molar-refractivity contribution < 1.29 is 20.1 Å². The third-order valence-electron chi connectivity index (χ3n) is 2.49. The molecule has 0 aromatic rings. The van der Waals surface area contributed by atoms with E-state index < -0.39 is 17.6 Å². The van der Waals surface area contributed by atoms with Gasteiger partial charge in [-0.3, -0.25) is 4.79 Å². The maximum Gasteiger partial charge on any atom is 0.323 e. The Labute approximate surface area is 100 Å². The van der Waals surface area contributed by atoms with Crippen LogP contribution >= 0.6 is 11.8 Å². The summed E-state index contributed by atoms with van der Waals surface area (Å²) in [5, 5.41) is 26.5. The number of aliphatic hydroxyl groups is 2. The summed E-state index contributed by atoms with van der Waals surface area (Å²) < 4.78 is 0. The second-order valence-electron chi connectivity index (χ2n) is 3.83. The Kier molecular flexibility index (Phi) is 7.74. The first kappa shape index (κ1) is 15.7. The van der Waals surface area contributed by atoms with Crippen LogP contribution in [0.1, 0.15) is 26.2 Å². The largest absolute Gasteiger partial charge is 0.480 e. The van der Waals surface area contributed by atoms with E-state index in [1.54, 1.807) is 6.92 Å². The Morgan fingerprint density at radius 3 is 2.62 bits per heavy atom. The Hall–Kier alpha value is -0.300. The van der Waals surface area contributed by atoms with Gasteiger partial charge in [-0.25, -0.2) is 0 Å². The highest BCUT2D eigenvalue weighted by Crippen LogP contribution is 2.17. The first-order chi connectivity index (χ1) is 7.46. The average molecular weight is 251 g/mol. The third-order valence-corrected chi connectivity index (χ3v) is 3.69. The lowest BCUT2D eigenvalue weighted by Crippen LogP contribution is -2.47. The van der Waals surface area contributed by atoms with Gasteiger partial charge in [0.25, 0.3) is 0 Å². The second kappa shape index (κ2) is 7.89. The third kappa shape index (κ3) is 5.69. The maximum absolute atomic E-state index is 10.9. The molecule has 0 radical (unpaired) electrons. The van der Waals surface area contributed by atoms with E-state index in [0.29, 0.717) is 25.0 Å². The molecule has 0 heterocycles. The molecule has 0 saturated heterocycles. The standard InChI is InChI=1S/C10H21NO4S/c1-2-10(11,9(14)15)4-3-5-16-7-8(13)6-12/h8,12-13H,2-7,11H2,1H3,(H,14,15). The number of aliphatic hydroxyl groups excluding tert-OH is 2. The molecule has 0 aromatic carbocycles. The molecule has 2 atom stereocenters. The number of carboxylic acids is 1. The van der Waals surface area contributed by atoms with E-state index >= 15 is 0 Å². The van der Waals surface area contributed by atoms with Gasteiger partial charge in [-0.2, -0.15) is 11.8 Å². The zero-order valence-electron chi connectivity index (χ0n) is 9.56. The van der Waals surface area contributed by atoms with Crippen molar-refractivity contribution >= 4 is 17.7 Å². The van der Waals surface area contributed by atoms with Gasteiger partial charge < -0.3 is 21.1 Å². The summed E-state index contributed by atoms with van der Waals surface area (Å²) in [6.07, 6.45) is 0.838. The van der Waals surface area contributed by atoms with E-state index in [1.807, 2.05) is 0 Å². The van der Waals surface area contributed by atoms with Crippen LogP contribution in [0.4, 0.5) is 0 Å². The average Bonchev–Trinajstić information content (AvgIpc) is 2.27. The molecule has 0 bridgehead atoms. The fourth-order valence-electron chi connectivity index (χ4n) is 1.20. The number of hydrogen-bond donors (Lipinski definition) is 4. The molecule has 0 aromatic heterocycles. The minimum absolute atomic E-state index is 0.238. The van der Waals surface area contributed by atoms with Crippen molar-refractivity contribution in [2.45, 2.75) is 37.8 Å². The highest BCUT2D eigenvalue weighted by molar-refractivity contribution is 7.99. The number of thioether (sulfide) groups is 1. The Morgan fingerprint density at radius 2 is 2.19 bits per heavy atom. The van der Waals surface area contributed by atoms with Crippen LogP contribution in [0.5, 0.6) is 0 Å². The van der Waals surface area contributed by atoms with E-state index in [0.717, 1.165) is 5.75 Å². The molecule has 0 aliphatic heterocycles. The molecule has 0 saturated carbocycles. The minimum atomic E-state index is -1.13. The summed E-state index contributed by atoms with van der Waals surface area (Å²) in [7, 11) is 0. The fraction of sp³-hybridized carbons (Fsp3) is 0.900. The van der Waals surface area contributed by atoms with E-state index in [9.17, 15) is 4.79 Å². The van der Waals surface area contributed by atoms with Crippen molar-refractivity contribution in [3.05, 3.63) is 0 Å². The minimum Gasteiger partial charge on any atom is -0.480 e. The summed E-state index contributed by atoms with van der Waals surface area (Å²) in [6, 6.07) is 0. The van der Waals surface area contributed by atoms with Crippen molar-refractivity contribution in [2.75, 3.05) is 18.1 Å². The summed E-state index contributed by atoms with van der Waals surface area (Å²) in [4.78, 5) is 10.9. The molecule has 0 amide bonds. The Morgan fingerprint density at radius 1 is 1.56 bits per heavy atom. The molecule has 0 aliphatic rings. The van der Waals surface area contributed by atoms with Crippen LogP contribution in [0.25, 0.3) is 0 Å². The van der Waals surface area contributed by atoms with Crippen molar-refractivity contribution in [2.24, 2.45) is 5.73 Å². The lowest BCUT2D eigenvalue weighted by Gasteiger charge is -2.22. The van der Waals surface area contributed by atoms with Crippen LogP contribution in [0.15, 0.2) is 0 Å². The van der Waals surface area contributed by atoms with Crippen molar-refractivity contribution in [1.29, 1.82) is 0 Å². The molecule has 96 valence electrons. The van der Waals surface area contributed by atoms with Gasteiger partial charge in [0.2, 0.25) is 0 Å². The highest BCUT2D eigenvalue weighted by atomic mass is 32.2. The summed E-state index contributed by atoms with van der Waals surface area (Å²) in [6.45, 7) is 1.52. The maximum atomic E-state index is 10.9. The molecular weight excluding hydrogens is 230 g/mol. The van der Waals surface area contributed by atoms with Crippen molar-refractivity contribution in [3.8, 4) is 0 Å². The van der Waals surface area contributed by atoms with Gasteiger partial charge in [-0.05, 0) is 25.0 Å². The highest BCUT2D eigenvalue weighted by Gasteiger charge is 2.30.